The van der Waals surface area contributed by atoms with Crippen molar-refractivity contribution in [3.63, 3.8) is 0 Å². The maximum atomic E-state index is 14.0. The highest BCUT2D eigenvalue weighted by Crippen LogP contribution is 2.39. The van der Waals surface area contributed by atoms with Crippen molar-refractivity contribution in [2.75, 3.05) is 0 Å². The predicted molar refractivity (Wildman–Crippen MR) is 77.7 cm³/mol. The molecule has 21 heavy (non-hydrogen) atoms. The third-order valence-electron chi connectivity index (χ3n) is 3.90. The summed E-state index contributed by atoms with van der Waals surface area (Å²) in [6.07, 6.45) is 0.607. The number of nitriles is 1. The molecule has 2 unspecified atom stereocenters. The number of rotatable bonds is 3. The van der Waals surface area contributed by atoms with E-state index in [0.717, 1.165) is 11.1 Å². The molecule has 2 aromatic rings. The van der Waals surface area contributed by atoms with Gasteiger partial charge in [0.2, 0.25) is 0 Å². The molecular formula is C17H11ClFNO. The number of halogens is 2. The molecule has 0 bridgehead atoms. The van der Waals surface area contributed by atoms with Gasteiger partial charge in [-0.1, -0.05) is 48.0 Å². The maximum Gasteiger partial charge on any atom is 0.162 e. The molecule has 1 aliphatic carbocycles. The van der Waals surface area contributed by atoms with E-state index in [1.165, 1.54) is 12.1 Å². The second kappa shape index (κ2) is 5.31. The molecule has 2 aromatic carbocycles. The summed E-state index contributed by atoms with van der Waals surface area (Å²) in [6, 6.07) is 13.9. The molecule has 0 aromatic heterocycles. The minimum atomic E-state index is -1.12. The van der Waals surface area contributed by atoms with Crippen LogP contribution < -0.4 is 0 Å². The van der Waals surface area contributed by atoms with Gasteiger partial charge in [0.15, 0.2) is 5.78 Å². The van der Waals surface area contributed by atoms with Gasteiger partial charge in [-0.05, 0) is 23.6 Å². The van der Waals surface area contributed by atoms with Crippen molar-refractivity contribution in [1.82, 2.24) is 0 Å². The van der Waals surface area contributed by atoms with Crippen molar-refractivity contribution in [1.29, 1.82) is 5.26 Å². The van der Waals surface area contributed by atoms with Crippen LogP contribution in [0.2, 0.25) is 5.02 Å². The van der Waals surface area contributed by atoms with Crippen LogP contribution in [0.15, 0.2) is 42.5 Å². The van der Waals surface area contributed by atoms with E-state index >= 15 is 0 Å². The largest absolute Gasteiger partial charge is 0.297 e. The van der Waals surface area contributed by atoms with Crippen LogP contribution in [0.3, 0.4) is 0 Å². The second-order valence-electron chi connectivity index (χ2n) is 5.06. The number of Topliss-reactive ketones (excluding diaryl/α,β-unsaturated/α-hetero) is 1. The van der Waals surface area contributed by atoms with Gasteiger partial charge < -0.3 is 0 Å². The zero-order valence-corrected chi connectivity index (χ0v) is 11.8. The molecule has 2 nitrogen and oxygen atoms in total. The molecule has 2 atom stereocenters. The van der Waals surface area contributed by atoms with Crippen molar-refractivity contribution < 1.29 is 9.18 Å². The predicted octanol–water partition coefficient (Wildman–Crippen LogP) is 4.00. The molecule has 1 aliphatic rings. The van der Waals surface area contributed by atoms with E-state index in [1.807, 2.05) is 30.3 Å². The molecule has 0 aliphatic heterocycles. The lowest BCUT2D eigenvalue weighted by Gasteiger charge is -2.30. The fourth-order valence-corrected chi connectivity index (χ4v) is 2.93. The Hall–Kier alpha value is -2.18. The number of benzene rings is 2. The Balaban J connectivity index is 1.94. The molecule has 3 rings (SSSR count). The SMILES string of the molecule is N#CC(C(=O)C1Cc2ccccc21)c1cccc(Cl)c1F. The lowest BCUT2D eigenvalue weighted by Crippen LogP contribution is -2.29. The van der Waals surface area contributed by atoms with Crippen molar-refractivity contribution in [3.05, 3.63) is 70.0 Å². The Morgan fingerprint density at radius 3 is 2.76 bits per heavy atom. The van der Waals surface area contributed by atoms with E-state index < -0.39 is 11.7 Å². The van der Waals surface area contributed by atoms with Gasteiger partial charge >= 0.3 is 0 Å². The highest BCUT2D eigenvalue weighted by Gasteiger charge is 2.37. The number of hydrogen-bond donors (Lipinski definition) is 0. The van der Waals surface area contributed by atoms with Crippen LogP contribution in [0.5, 0.6) is 0 Å². The van der Waals surface area contributed by atoms with Gasteiger partial charge in [0, 0.05) is 11.5 Å². The van der Waals surface area contributed by atoms with Gasteiger partial charge in [-0.15, -0.1) is 0 Å². The van der Waals surface area contributed by atoms with Gasteiger partial charge in [-0.25, -0.2) is 4.39 Å². The Morgan fingerprint density at radius 2 is 2.05 bits per heavy atom. The Morgan fingerprint density at radius 1 is 1.29 bits per heavy atom. The normalized spacial score (nSPS) is 17.3. The third kappa shape index (κ3) is 2.22. The molecule has 0 heterocycles. The number of carbonyl (C=O) groups excluding carboxylic acids is 1. The third-order valence-corrected chi connectivity index (χ3v) is 4.20. The Bertz CT molecular complexity index is 766. The van der Waals surface area contributed by atoms with E-state index in [1.54, 1.807) is 6.07 Å². The number of nitrogens with zero attached hydrogens (tertiary/aromatic N) is 1. The number of ketones is 1. The highest BCUT2D eigenvalue weighted by molar-refractivity contribution is 6.30. The number of fused-ring (bicyclic) bond motifs is 1. The molecule has 0 radical (unpaired) electrons. The van der Waals surface area contributed by atoms with Crippen LogP contribution in [0, 0.1) is 17.1 Å². The Kier molecular flexibility index (Phi) is 3.48. The molecule has 0 saturated heterocycles. The van der Waals surface area contributed by atoms with E-state index in [-0.39, 0.29) is 22.3 Å². The number of carbonyl (C=O) groups is 1. The Labute approximate surface area is 126 Å². The molecule has 0 N–H and O–H groups in total. The fourth-order valence-electron chi connectivity index (χ4n) is 2.74. The summed E-state index contributed by atoms with van der Waals surface area (Å²) in [6.45, 7) is 0. The van der Waals surface area contributed by atoms with Crippen molar-refractivity contribution >= 4 is 17.4 Å². The minimum Gasteiger partial charge on any atom is -0.297 e. The first-order chi connectivity index (χ1) is 10.1. The maximum absolute atomic E-state index is 14.0. The fraction of sp³-hybridized carbons (Fsp3) is 0.176. The second-order valence-corrected chi connectivity index (χ2v) is 5.47. The highest BCUT2D eigenvalue weighted by atomic mass is 35.5. The first-order valence-corrected chi connectivity index (χ1v) is 6.96. The van der Waals surface area contributed by atoms with Crippen molar-refractivity contribution in [2.45, 2.75) is 18.3 Å². The lowest BCUT2D eigenvalue weighted by atomic mass is 9.71. The first-order valence-electron chi connectivity index (χ1n) is 6.58. The van der Waals surface area contributed by atoms with Crippen LogP contribution in [-0.4, -0.2) is 5.78 Å². The van der Waals surface area contributed by atoms with E-state index in [2.05, 4.69) is 0 Å². The molecule has 0 spiro atoms. The summed E-state index contributed by atoms with van der Waals surface area (Å²) < 4.78 is 14.0. The van der Waals surface area contributed by atoms with Crippen LogP contribution in [-0.2, 0) is 11.2 Å². The van der Waals surface area contributed by atoms with Gasteiger partial charge in [-0.2, -0.15) is 5.26 Å². The van der Waals surface area contributed by atoms with Crippen LogP contribution >= 0.6 is 11.6 Å². The summed E-state index contributed by atoms with van der Waals surface area (Å²) in [5.41, 5.74) is 2.10. The quantitative estimate of drug-likeness (QED) is 0.859. The molecular weight excluding hydrogens is 289 g/mol. The summed E-state index contributed by atoms with van der Waals surface area (Å²) in [7, 11) is 0. The van der Waals surface area contributed by atoms with Gasteiger partial charge in [0.1, 0.15) is 11.7 Å². The first kappa shape index (κ1) is 13.8. The molecule has 0 amide bonds. The summed E-state index contributed by atoms with van der Waals surface area (Å²) in [5, 5.41) is 9.23. The van der Waals surface area contributed by atoms with Crippen LogP contribution in [0.1, 0.15) is 28.5 Å². The summed E-state index contributed by atoms with van der Waals surface area (Å²) in [4.78, 5) is 12.6. The van der Waals surface area contributed by atoms with Gasteiger partial charge in [-0.3, -0.25) is 4.79 Å². The average Bonchev–Trinajstić information content (AvgIpc) is 2.45. The number of hydrogen-bond acceptors (Lipinski definition) is 2. The van der Waals surface area contributed by atoms with E-state index in [0.29, 0.717) is 6.42 Å². The lowest BCUT2D eigenvalue weighted by molar-refractivity contribution is -0.121. The molecule has 0 saturated carbocycles. The van der Waals surface area contributed by atoms with E-state index in [9.17, 15) is 14.4 Å². The van der Waals surface area contributed by atoms with Crippen LogP contribution in [0.4, 0.5) is 4.39 Å². The molecule has 4 heteroatoms. The topological polar surface area (TPSA) is 40.9 Å². The van der Waals surface area contributed by atoms with Crippen molar-refractivity contribution in [2.24, 2.45) is 0 Å². The minimum absolute atomic E-state index is 0.0550. The van der Waals surface area contributed by atoms with E-state index in [4.69, 9.17) is 11.6 Å². The average molecular weight is 300 g/mol. The molecule has 104 valence electrons. The standard InChI is InChI=1S/C17H11ClFNO/c18-15-7-3-6-12(16(15)19)14(9-20)17(21)13-8-10-4-1-2-5-11(10)13/h1-7,13-14H,8H2. The van der Waals surface area contributed by atoms with Gasteiger partial charge in [0.25, 0.3) is 0 Å². The van der Waals surface area contributed by atoms with Crippen molar-refractivity contribution in [3.8, 4) is 6.07 Å². The zero-order valence-electron chi connectivity index (χ0n) is 11.0. The monoisotopic (exact) mass is 299 g/mol. The summed E-state index contributed by atoms with van der Waals surface area (Å²) in [5.74, 6) is -2.41. The zero-order chi connectivity index (χ0) is 15.0. The van der Waals surface area contributed by atoms with Crippen LogP contribution in [0.25, 0.3) is 0 Å². The smallest absolute Gasteiger partial charge is 0.162 e. The molecule has 0 fully saturated rings. The summed E-state index contributed by atoms with van der Waals surface area (Å²) >= 11 is 5.73. The van der Waals surface area contributed by atoms with Gasteiger partial charge in [0.05, 0.1) is 11.1 Å².